The number of aromatic nitrogens is 1. The van der Waals surface area contributed by atoms with E-state index in [2.05, 4.69) is 10.3 Å². The van der Waals surface area contributed by atoms with E-state index >= 15 is 0 Å². The predicted octanol–water partition coefficient (Wildman–Crippen LogP) is 3.28. The summed E-state index contributed by atoms with van der Waals surface area (Å²) in [6.45, 7) is 0.195. The van der Waals surface area contributed by atoms with Crippen LogP contribution in [-0.4, -0.2) is 11.1 Å². The Kier molecular flexibility index (Phi) is 3.87. The van der Waals surface area contributed by atoms with Crippen molar-refractivity contribution in [3.05, 3.63) is 76.6 Å². The van der Waals surface area contributed by atoms with E-state index in [4.69, 9.17) is 4.74 Å². The molecule has 3 aromatic rings. The van der Waals surface area contributed by atoms with Crippen LogP contribution in [0.3, 0.4) is 0 Å². The van der Waals surface area contributed by atoms with Crippen LogP contribution in [0.1, 0.15) is 5.56 Å². The second kappa shape index (κ2) is 6.13. The summed E-state index contributed by atoms with van der Waals surface area (Å²) in [5.74, 6) is 0. The average molecular weight is 294 g/mol. The first kappa shape index (κ1) is 13.9. The highest BCUT2D eigenvalue weighted by molar-refractivity contribution is 5.89. The second-order valence-electron chi connectivity index (χ2n) is 4.79. The van der Waals surface area contributed by atoms with Crippen LogP contribution in [0.25, 0.3) is 10.9 Å². The quantitative estimate of drug-likeness (QED) is 0.778. The van der Waals surface area contributed by atoms with Crippen LogP contribution in [0.5, 0.6) is 0 Å². The first-order valence-electron chi connectivity index (χ1n) is 6.81. The molecule has 1 amide bonds. The topological polar surface area (TPSA) is 71.2 Å². The predicted molar refractivity (Wildman–Crippen MR) is 84.8 cm³/mol. The van der Waals surface area contributed by atoms with E-state index in [0.717, 1.165) is 11.1 Å². The van der Waals surface area contributed by atoms with Gasteiger partial charge in [-0.25, -0.2) is 4.79 Å². The molecule has 0 aliphatic carbocycles. The fraction of sp³-hybridized carbons (Fsp3) is 0.0588. The molecule has 5 nitrogen and oxygen atoms in total. The van der Waals surface area contributed by atoms with E-state index in [1.165, 1.54) is 6.07 Å². The van der Waals surface area contributed by atoms with Crippen molar-refractivity contribution in [2.45, 2.75) is 6.61 Å². The minimum absolute atomic E-state index is 0.102. The molecule has 0 radical (unpaired) electrons. The number of amides is 1. The standard InChI is InChI=1S/C17H14N2O3/c20-16-8-9-18-15-7-6-13(10-14(15)16)19-17(21)22-11-12-4-2-1-3-5-12/h1-10H,11H2,(H,18,20)(H,19,21). The molecule has 0 aliphatic rings. The first-order chi connectivity index (χ1) is 10.7. The van der Waals surface area contributed by atoms with Gasteiger partial charge in [-0.2, -0.15) is 0 Å². The molecular weight excluding hydrogens is 280 g/mol. The summed E-state index contributed by atoms with van der Waals surface area (Å²) in [5, 5.41) is 3.13. The number of aromatic amines is 1. The van der Waals surface area contributed by atoms with E-state index in [0.29, 0.717) is 11.1 Å². The summed E-state index contributed by atoms with van der Waals surface area (Å²) >= 11 is 0. The molecular formula is C17H14N2O3. The number of ether oxygens (including phenoxy) is 1. The van der Waals surface area contributed by atoms with Gasteiger partial charge in [0.25, 0.3) is 0 Å². The van der Waals surface area contributed by atoms with Crippen LogP contribution >= 0.6 is 0 Å². The molecule has 0 fully saturated rings. The van der Waals surface area contributed by atoms with Gasteiger partial charge in [0.1, 0.15) is 6.61 Å². The Labute approximate surface area is 126 Å². The highest BCUT2D eigenvalue weighted by atomic mass is 16.5. The summed E-state index contributed by atoms with van der Waals surface area (Å²) < 4.78 is 5.14. The Morgan fingerprint density at radius 1 is 1.09 bits per heavy atom. The van der Waals surface area contributed by atoms with E-state index in [-0.39, 0.29) is 12.0 Å². The molecule has 3 rings (SSSR count). The van der Waals surface area contributed by atoms with E-state index in [1.807, 2.05) is 30.3 Å². The van der Waals surface area contributed by atoms with Gasteiger partial charge in [0.2, 0.25) is 0 Å². The van der Waals surface area contributed by atoms with Gasteiger partial charge in [0, 0.05) is 28.9 Å². The number of nitrogens with one attached hydrogen (secondary N) is 2. The maximum Gasteiger partial charge on any atom is 0.411 e. The normalized spacial score (nSPS) is 10.4. The number of benzene rings is 2. The minimum atomic E-state index is -0.560. The van der Waals surface area contributed by atoms with Gasteiger partial charge in [-0.05, 0) is 23.8 Å². The third-order valence-corrected chi connectivity index (χ3v) is 3.22. The molecule has 0 unspecified atom stereocenters. The Hall–Kier alpha value is -3.08. The summed E-state index contributed by atoms with van der Waals surface area (Å²) in [7, 11) is 0. The highest BCUT2D eigenvalue weighted by Gasteiger charge is 2.05. The molecule has 1 heterocycles. The Bertz CT molecular complexity index is 856. The van der Waals surface area contributed by atoms with Crippen molar-refractivity contribution < 1.29 is 9.53 Å². The van der Waals surface area contributed by atoms with Gasteiger partial charge in [-0.15, -0.1) is 0 Å². The summed E-state index contributed by atoms with van der Waals surface area (Å²) in [4.78, 5) is 26.5. The molecule has 0 saturated carbocycles. The maximum absolute atomic E-state index is 11.8. The number of hydrogen-bond acceptors (Lipinski definition) is 3. The molecule has 2 aromatic carbocycles. The van der Waals surface area contributed by atoms with Crippen LogP contribution in [0.2, 0.25) is 0 Å². The lowest BCUT2D eigenvalue weighted by atomic mass is 10.2. The lowest BCUT2D eigenvalue weighted by molar-refractivity contribution is 0.155. The van der Waals surface area contributed by atoms with Crippen LogP contribution in [-0.2, 0) is 11.3 Å². The zero-order valence-electron chi connectivity index (χ0n) is 11.7. The molecule has 0 atom stereocenters. The van der Waals surface area contributed by atoms with Gasteiger partial charge in [0.15, 0.2) is 5.43 Å². The molecule has 110 valence electrons. The lowest BCUT2D eigenvalue weighted by Crippen LogP contribution is -2.13. The third kappa shape index (κ3) is 3.15. The zero-order chi connectivity index (χ0) is 15.4. The van der Waals surface area contributed by atoms with Crippen molar-refractivity contribution in [1.82, 2.24) is 4.98 Å². The van der Waals surface area contributed by atoms with E-state index < -0.39 is 6.09 Å². The Balaban J connectivity index is 1.69. The number of anilines is 1. The maximum atomic E-state index is 11.8. The number of hydrogen-bond donors (Lipinski definition) is 2. The van der Waals surface area contributed by atoms with Crippen molar-refractivity contribution in [3.63, 3.8) is 0 Å². The van der Waals surface area contributed by atoms with Gasteiger partial charge < -0.3 is 9.72 Å². The molecule has 0 spiro atoms. The third-order valence-electron chi connectivity index (χ3n) is 3.22. The minimum Gasteiger partial charge on any atom is -0.444 e. The molecule has 22 heavy (non-hydrogen) atoms. The number of carbonyl (C=O) groups excluding carboxylic acids is 1. The van der Waals surface area contributed by atoms with Gasteiger partial charge in [0.05, 0.1) is 0 Å². The lowest BCUT2D eigenvalue weighted by Gasteiger charge is -2.07. The SMILES string of the molecule is O=C(Nc1ccc2[nH]ccc(=O)c2c1)OCc1ccccc1. The largest absolute Gasteiger partial charge is 0.444 e. The Morgan fingerprint density at radius 2 is 1.91 bits per heavy atom. The van der Waals surface area contributed by atoms with Gasteiger partial charge in [-0.1, -0.05) is 30.3 Å². The molecule has 1 aromatic heterocycles. The average Bonchev–Trinajstić information content (AvgIpc) is 2.55. The molecule has 0 bridgehead atoms. The number of pyridine rings is 1. The van der Waals surface area contributed by atoms with E-state index in [9.17, 15) is 9.59 Å². The fourth-order valence-electron chi connectivity index (χ4n) is 2.13. The van der Waals surface area contributed by atoms with Crippen molar-refractivity contribution >= 4 is 22.7 Å². The van der Waals surface area contributed by atoms with Crippen LogP contribution in [0.4, 0.5) is 10.5 Å². The fourth-order valence-corrected chi connectivity index (χ4v) is 2.13. The molecule has 2 N–H and O–H groups in total. The van der Waals surface area contributed by atoms with Crippen LogP contribution in [0, 0.1) is 0 Å². The first-order valence-corrected chi connectivity index (χ1v) is 6.81. The summed E-state index contributed by atoms with van der Waals surface area (Å²) in [6, 6.07) is 15.9. The summed E-state index contributed by atoms with van der Waals surface area (Å²) in [6.07, 6.45) is 1.03. The van der Waals surface area contributed by atoms with E-state index in [1.54, 1.807) is 24.4 Å². The van der Waals surface area contributed by atoms with Crippen LogP contribution in [0.15, 0.2) is 65.6 Å². The van der Waals surface area contributed by atoms with Gasteiger partial charge in [-0.3, -0.25) is 10.1 Å². The highest BCUT2D eigenvalue weighted by Crippen LogP contribution is 2.14. The van der Waals surface area contributed by atoms with Crippen molar-refractivity contribution in [3.8, 4) is 0 Å². The molecule has 0 saturated heterocycles. The number of fused-ring (bicyclic) bond motifs is 1. The number of carbonyl (C=O) groups is 1. The second-order valence-corrected chi connectivity index (χ2v) is 4.79. The van der Waals surface area contributed by atoms with Crippen LogP contribution < -0.4 is 10.7 Å². The zero-order valence-corrected chi connectivity index (χ0v) is 11.7. The smallest absolute Gasteiger partial charge is 0.411 e. The molecule has 0 aliphatic heterocycles. The Morgan fingerprint density at radius 3 is 2.73 bits per heavy atom. The molecule has 5 heteroatoms. The van der Waals surface area contributed by atoms with Crippen molar-refractivity contribution in [1.29, 1.82) is 0 Å². The van der Waals surface area contributed by atoms with Crippen molar-refractivity contribution in [2.24, 2.45) is 0 Å². The number of H-pyrrole nitrogens is 1. The monoisotopic (exact) mass is 294 g/mol. The summed E-state index contributed by atoms with van der Waals surface area (Å²) in [5.41, 5.74) is 2.04. The number of rotatable bonds is 3. The van der Waals surface area contributed by atoms with Crippen molar-refractivity contribution in [2.75, 3.05) is 5.32 Å². The van der Waals surface area contributed by atoms with Gasteiger partial charge >= 0.3 is 6.09 Å².